The van der Waals surface area contributed by atoms with Crippen LogP contribution >= 0.6 is 11.6 Å². The van der Waals surface area contributed by atoms with Crippen molar-refractivity contribution in [1.29, 1.82) is 0 Å². The maximum Gasteiger partial charge on any atom is 0.243 e. The van der Waals surface area contributed by atoms with E-state index in [1.54, 1.807) is 10.7 Å². The number of nitrogens with zero attached hydrogens (tertiary/aromatic N) is 3. The summed E-state index contributed by atoms with van der Waals surface area (Å²) < 4.78 is 1.70. The Hall–Kier alpha value is -1.29. The van der Waals surface area contributed by atoms with E-state index in [4.69, 9.17) is 11.6 Å². The SMILES string of the molecule is Clc1ccc2nc(NCCC3CCC3)nn2c1. The summed E-state index contributed by atoms with van der Waals surface area (Å²) in [6, 6.07) is 3.69. The molecule has 0 unspecified atom stereocenters. The van der Waals surface area contributed by atoms with Crippen molar-refractivity contribution in [2.75, 3.05) is 11.9 Å². The number of hydrogen-bond acceptors (Lipinski definition) is 3. The second kappa shape index (κ2) is 4.53. The maximum atomic E-state index is 5.89. The molecule has 0 amide bonds. The minimum absolute atomic E-state index is 0.670. The zero-order chi connectivity index (χ0) is 11.7. The number of rotatable bonds is 4. The fourth-order valence-electron chi connectivity index (χ4n) is 2.10. The molecule has 0 spiro atoms. The fraction of sp³-hybridized carbons (Fsp3) is 0.500. The lowest BCUT2D eigenvalue weighted by Crippen LogP contribution is -2.15. The first kappa shape index (κ1) is 10.8. The second-order valence-corrected chi connectivity index (χ2v) is 5.03. The number of halogens is 1. The highest BCUT2D eigenvalue weighted by molar-refractivity contribution is 6.30. The number of anilines is 1. The molecule has 1 aliphatic rings. The first-order valence-corrected chi connectivity index (χ1v) is 6.45. The monoisotopic (exact) mass is 250 g/mol. The van der Waals surface area contributed by atoms with Crippen molar-refractivity contribution >= 4 is 23.2 Å². The summed E-state index contributed by atoms with van der Waals surface area (Å²) in [5.41, 5.74) is 0.820. The summed E-state index contributed by atoms with van der Waals surface area (Å²) in [7, 11) is 0. The van der Waals surface area contributed by atoms with Gasteiger partial charge in [0.25, 0.3) is 0 Å². The van der Waals surface area contributed by atoms with Crippen LogP contribution in [0.1, 0.15) is 25.7 Å². The van der Waals surface area contributed by atoms with Gasteiger partial charge in [0.1, 0.15) is 0 Å². The van der Waals surface area contributed by atoms with Crippen molar-refractivity contribution in [3.8, 4) is 0 Å². The van der Waals surface area contributed by atoms with E-state index in [9.17, 15) is 0 Å². The molecular formula is C12H15ClN4. The molecule has 0 atom stereocenters. The molecule has 1 aliphatic carbocycles. The average Bonchev–Trinajstić information content (AvgIpc) is 2.63. The van der Waals surface area contributed by atoms with E-state index in [0.29, 0.717) is 11.0 Å². The smallest absolute Gasteiger partial charge is 0.243 e. The Morgan fingerprint density at radius 3 is 3.06 bits per heavy atom. The Balaban J connectivity index is 1.64. The number of hydrogen-bond donors (Lipinski definition) is 1. The molecule has 2 heterocycles. The second-order valence-electron chi connectivity index (χ2n) is 4.60. The Labute approximate surface area is 105 Å². The van der Waals surface area contributed by atoms with Gasteiger partial charge in [-0.05, 0) is 24.5 Å². The summed E-state index contributed by atoms with van der Waals surface area (Å²) in [6.45, 7) is 0.954. The predicted octanol–water partition coefficient (Wildman–Crippen LogP) is 2.98. The van der Waals surface area contributed by atoms with Crippen molar-refractivity contribution in [1.82, 2.24) is 14.6 Å². The molecule has 0 aliphatic heterocycles. The largest absolute Gasteiger partial charge is 0.353 e. The van der Waals surface area contributed by atoms with Crippen molar-refractivity contribution in [3.63, 3.8) is 0 Å². The zero-order valence-corrected chi connectivity index (χ0v) is 10.3. The molecule has 0 saturated heterocycles. The first-order chi connectivity index (χ1) is 8.31. The molecule has 90 valence electrons. The number of pyridine rings is 1. The maximum absolute atomic E-state index is 5.89. The molecule has 2 aromatic heterocycles. The van der Waals surface area contributed by atoms with Gasteiger partial charge < -0.3 is 5.32 Å². The quantitative estimate of drug-likeness (QED) is 0.907. The normalized spacial score (nSPS) is 16.1. The molecule has 17 heavy (non-hydrogen) atoms. The van der Waals surface area contributed by atoms with Crippen molar-refractivity contribution < 1.29 is 0 Å². The van der Waals surface area contributed by atoms with Gasteiger partial charge in [-0.15, -0.1) is 5.10 Å². The van der Waals surface area contributed by atoms with Gasteiger partial charge in [0.2, 0.25) is 5.95 Å². The van der Waals surface area contributed by atoms with Crippen LogP contribution in [0.4, 0.5) is 5.95 Å². The van der Waals surface area contributed by atoms with Crippen LogP contribution in [0.25, 0.3) is 5.65 Å². The molecule has 1 fully saturated rings. The topological polar surface area (TPSA) is 42.2 Å². The van der Waals surface area contributed by atoms with Gasteiger partial charge in [0.15, 0.2) is 5.65 Å². The van der Waals surface area contributed by atoms with Crippen LogP contribution in [0, 0.1) is 5.92 Å². The number of nitrogens with one attached hydrogen (secondary N) is 1. The van der Waals surface area contributed by atoms with Gasteiger partial charge in [-0.1, -0.05) is 30.9 Å². The highest BCUT2D eigenvalue weighted by atomic mass is 35.5. The highest BCUT2D eigenvalue weighted by Crippen LogP contribution is 2.29. The van der Waals surface area contributed by atoms with Crippen LogP contribution in [0.3, 0.4) is 0 Å². The lowest BCUT2D eigenvalue weighted by atomic mass is 9.83. The van der Waals surface area contributed by atoms with Gasteiger partial charge in [-0.2, -0.15) is 4.98 Å². The Bertz CT molecular complexity index is 518. The van der Waals surface area contributed by atoms with E-state index in [1.807, 2.05) is 12.1 Å². The van der Waals surface area contributed by atoms with E-state index in [0.717, 1.165) is 18.1 Å². The summed E-state index contributed by atoms with van der Waals surface area (Å²) in [6.07, 6.45) is 7.15. The standard InChI is InChI=1S/C12H15ClN4/c13-10-4-5-11-15-12(16-17(11)8-10)14-7-6-9-2-1-3-9/h4-5,8-9H,1-3,6-7H2,(H,14,16). The average molecular weight is 251 g/mol. The first-order valence-electron chi connectivity index (χ1n) is 6.07. The molecule has 5 heteroatoms. The van der Waals surface area contributed by atoms with Gasteiger partial charge in [0.05, 0.1) is 5.02 Å². The van der Waals surface area contributed by atoms with E-state index >= 15 is 0 Å². The number of fused-ring (bicyclic) bond motifs is 1. The van der Waals surface area contributed by atoms with Crippen LogP contribution in [0.5, 0.6) is 0 Å². The Morgan fingerprint density at radius 1 is 1.41 bits per heavy atom. The summed E-state index contributed by atoms with van der Waals surface area (Å²) in [4.78, 5) is 4.38. The highest BCUT2D eigenvalue weighted by Gasteiger charge is 2.16. The van der Waals surface area contributed by atoms with Crippen LogP contribution < -0.4 is 5.32 Å². The third-order valence-electron chi connectivity index (χ3n) is 3.36. The number of aromatic nitrogens is 3. The zero-order valence-electron chi connectivity index (χ0n) is 9.56. The van der Waals surface area contributed by atoms with Crippen LogP contribution in [0.2, 0.25) is 5.02 Å². The van der Waals surface area contributed by atoms with Crippen molar-refractivity contribution in [3.05, 3.63) is 23.4 Å². The third kappa shape index (κ3) is 2.36. The molecule has 0 aromatic carbocycles. The van der Waals surface area contributed by atoms with E-state index in [1.165, 1.54) is 25.7 Å². The van der Waals surface area contributed by atoms with Crippen LogP contribution in [-0.2, 0) is 0 Å². The molecule has 3 rings (SSSR count). The van der Waals surface area contributed by atoms with E-state index < -0.39 is 0 Å². The van der Waals surface area contributed by atoms with E-state index in [-0.39, 0.29) is 0 Å². The molecule has 1 N–H and O–H groups in total. The minimum Gasteiger partial charge on any atom is -0.353 e. The molecule has 0 radical (unpaired) electrons. The van der Waals surface area contributed by atoms with Crippen molar-refractivity contribution in [2.45, 2.75) is 25.7 Å². The van der Waals surface area contributed by atoms with Gasteiger partial charge >= 0.3 is 0 Å². The lowest BCUT2D eigenvalue weighted by Gasteiger charge is -2.24. The van der Waals surface area contributed by atoms with E-state index in [2.05, 4.69) is 15.4 Å². The lowest BCUT2D eigenvalue weighted by molar-refractivity contribution is 0.303. The Morgan fingerprint density at radius 2 is 2.29 bits per heavy atom. The van der Waals surface area contributed by atoms with Gasteiger partial charge in [-0.25, -0.2) is 4.52 Å². The summed E-state index contributed by atoms with van der Waals surface area (Å²) in [5, 5.41) is 8.26. The molecule has 1 saturated carbocycles. The van der Waals surface area contributed by atoms with Crippen LogP contribution in [0.15, 0.2) is 18.3 Å². The molecule has 4 nitrogen and oxygen atoms in total. The van der Waals surface area contributed by atoms with Gasteiger partial charge in [-0.3, -0.25) is 0 Å². The van der Waals surface area contributed by atoms with Crippen LogP contribution in [-0.4, -0.2) is 21.1 Å². The van der Waals surface area contributed by atoms with Crippen molar-refractivity contribution in [2.24, 2.45) is 5.92 Å². The molecule has 0 bridgehead atoms. The summed E-state index contributed by atoms with van der Waals surface area (Å²) in [5.74, 6) is 1.60. The molecular weight excluding hydrogens is 236 g/mol. The minimum atomic E-state index is 0.670. The fourth-order valence-corrected chi connectivity index (χ4v) is 2.26. The summed E-state index contributed by atoms with van der Waals surface area (Å²) >= 11 is 5.89. The third-order valence-corrected chi connectivity index (χ3v) is 3.58. The molecule has 2 aromatic rings. The predicted molar refractivity (Wildman–Crippen MR) is 68.4 cm³/mol. The van der Waals surface area contributed by atoms with Gasteiger partial charge in [0, 0.05) is 12.7 Å². The Kier molecular flexibility index (Phi) is 2.89.